The Balaban J connectivity index is 1.72. The highest BCUT2D eigenvalue weighted by Crippen LogP contribution is 2.33. The van der Waals surface area contributed by atoms with E-state index in [1.165, 1.54) is 0 Å². The van der Waals surface area contributed by atoms with Gasteiger partial charge in [0.05, 0.1) is 22.8 Å². The van der Waals surface area contributed by atoms with Gasteiger partial charge in [0.15, 0.2) is 0 Å². The van der Waals surface area contributed by atoms with Crippen LogP contribution in [-0.2, 0) is 20.9 Å². The highest BCUT2D eigenvalue weighted by Gasteiger charge is 2.35. The highest BCUT2D eigenvalue weighted by molar-refractivity contribution is 6.34. The van der Waals surface area contributed by atoms with Crippen LogP contribution >= 0.6 is 11.6 Å². The summed E-state index contributed by atoms with van der Waals surface area (Å²) in [5.41, 5.74) is 3.23. The van der Waals surface area contributed by atoms with E-state index in [-0.39, 0.29) is 24.1 Å². The van der Waals surface area contributed by atoms with Crippen molar-refractivity contribution < 1.29 is 14.4 Å². The van der Waals surface area contributed by atoms with Crippen LogP contribution in [0.15, 0.2) is 59.7 Å². The zero-order chi connectivity index (χ0) is 21.8. The summed E-state index contributed by atoms with van der Waals surface area (Å²) in [5, 5.41) is 6.33. The third kappa shape index (κ3) is 4.71. The first kappa shape index (κ1) is 21.6. The second-order valence-corrected chi connectivity index (χ2v) is 7.83. The minimum atomic E-state index is -0.570. The van der Waals surface area contributed by atoms with Gasteiger partial charge >= 0.3 is 0 Å². The number of benzene rings is 2. The Morgan fingerprint density at radius 2 is 1.83 bits per heavy atom. The average Bonchev–Trinajstić information content (AvgIpc) is 3.03. The summed E-state index contributed by atoms with van der Waals surface area (Å²) in [6.07, 6.45) is 0.0881. The molecule has 3 amide bonds. The number of rotatable bonds is 6. The third-order valence-electron chi connectivity index (χ3n) is 4.93. The van der Waals surface area contributed by atoms with Gasteiger partial charge in [-0.2, -0.15) is 0 Å². The van der Waals surface area contributed by atoms with E-state index in [0.29, 0.717) is 28.5 Å². The summed E-state index contributed by atoms with van der Waals surface area (Å²) in [5.74, 6) is -0.791. The molecule has 156 valence electrons. The van der Waals surface area contributed by atoms with Gasteiger partial charge < -0.3 is 10.6 Å². The van der Waals surface area contributed by atoms with Crippen molar-refractivity contribution in [3.63, 3.8) is 0 Å². The normalized spacial score (nSPS) is 14.7. The Hall–Kier alpha value is -3.12. The van der Waals surface area contributed by atoms with Crippen LogP contribution in [0.2, 0.25) is 5.02 Å². The predicted molar refractivity (Wildman–Crippen MR) is 118 cm³/mol. The fraction of sp³-hybridized carbons (Fsp3) is 0.261. The minimum Gasteiger partial charge on any atom is -0.373 e. The van der Waals surface area contributed by atoms with Gasteiger partial charge in [0.1, 0.15) is 6.04 Å². The van der Waals surface area contributed by atoms with E-state index in [1.54, 1.807) is 25.1 Å². The molecule has 0 saturated carbocycles. The summed E-state index contributed by atoms with van der Waals surface area (Å²) in [6, 6.07) is 13.9. The van der Waals surface area contributed by atoms with Gasteiger partial charge in [-0.1, -0.05) is 47.5 Å². The number of hydrogen-bond acceptors (Lipinski definition) is 4. The Kier molecular flexibility index (Phi) is 6.57. The monoisotopic (exact) mass is 425 g/mol. The molecule has 0 bridgehead atoms. The topological polar surface area (TPSA) is 78.5 Å². The quantitative estimate of drug-likeness (QED) is 0.540. The molecule has 1 atom stereocenters. The number of carbonyl (C=O) groups excluding carboxylic acids is 3. The van der Waals surface area contributed by atoms with Gasteiger partial charge in [-0.25, -0.2) is 4.90 Å². The standard InChI is InChI=1S/C23H24ClN3O3/c1-14(2)18-12-21(28)27(23(18)30)17-9-10-19(24)20(11-17)26-15(3)22(29)25-13-16-7-5-4-6-8-16/h4-11,15,26H,12-13H2,1-3H3,(H,25,29). The zero-order valence-corrected chi connectivity index (χ0v) is 17.9. The maximum Gasteiger partial charge on any atom is 0.261 e. The number of amides is 3. The number of anilines is 2. The molecule has 0 aromatic heterocycles. The van der Waals surface area contributed by atoms with Crippen LogP contribution in [0.3, 0.4) is 0 Å². The Morgan fingerprint density at radius 3 is 2.47 bits per heavy atom. The average molecular weight is 426 g/mol. The van der Waals surface area contributed by atoms with Crippen LogP contribution in [0.4, 0.5) is 11.4 Å². The SMILES string of the molecule is CC(C)=C1CC(=O)N(c2ccc(Cl)c(NC(C)C(=O)NCc3ccccc3)c2)C1=O. The Labute approximate surface area is 180 Å². The fourth-order valence-corrected chi connectivity index (χ4v) is 3.38. The van der Waals surface area contributed by atoms with Gasteiger partial charge in [0, 0.05) is 12.1 Å². The molecule has 0 aliphatic carbocycles. The summed E-state index contributed by atoms with van der Waals surface area (Å²) >= 11 is 6.28. The second-order valence-electron chi connectivity index (χ2n) is 7.42. The summed E-state index contributed by atoms with van der Waals surface area (Å²) in [4.78, 5) is 38.6. The van der Waals surface area contributed by atoms with Crippen LogP contribution in [0.5, 0.6) is 0 Å². The first-order chi connectivity index (χ1) is 14.3. The highest BCUT2D eigenvalue weighted by atomic mass is 35.5. The van der Waals surface area contributed by atoms with Crippen molar-refractivity contribution in [2.45, 2.75) is 39.8 Å². The van der Waals surface area contributed by atoms with Crippen molar-refractivity contribution in [2.24, 2.45) is 0 Å². The zero-order valence-electron chi connectivity index (χ0n) is 17.2. The van der Waals surface area contributed by atoms with Crippen molar-refractivity contribution in [1.82, 2.24) is 5.32 Å². The van der Waals surface area contributed by atoms with E-state index >= 15 is 0 Å². The number of imide groups is 1. The molecule has 1 fully saturated rings. The molecular weight excluding hydrogens is 402 g/mol. The smallest absolute Gasteiger partial charge is 0.261 e. The van der Waals surface area contributed by atoms with Gasteiger partial charge in [-0.15, -0.1) is 0 Å². The molecular formula is C23H24ClN3O3. The van der Waals surface area contributed by atoms with E-state index in [4.69, 9.17) is 11.6 Å². The van der Waals surface area contributed by atoms with Crippen molar-refractivity contribution >= 4 is 40.7 Å². The molecule has 2 aromatic rings. The molecule has 0 spiro atoms. The lowest BCUT2D eigenvalue weighted by molar-refractivity contribution is -0.122. The predicted octanol–water partition coefficient (Wildman–Crippen LogP) is 4.06. The van der Waals surface area contributed by atoms with Crippen LogP contribution in [-0.4, -0.2) is 23.8 Å². The van der Waals surface area contributed by atoms with Crippen molar-refractivity contribution in [3.05, 3.63) is 70.3 Å². The maximum atomic E-state index is 12.6. The van der Waals surface area contributed by atoms with E-state index in [0.717, 1.165) is 16.0 Å². The van der Waals surface area contributed by atoms with Crippen LogP contribution in [0.1, 0.15) is 32.8 Å². The molecule has 1 aliphatic heterocycles. The van der Waals surface area contributed by atoms with E-state index in [1.807, 2.05) is 44.2 Å². The first-order valence-electron chi connectivity index (χ1n) is 9.69. The first-order valence-corrected chi connectivity index (χ1v) is 10.1. The lowest BCUT2D eigenvalue weighted by atomic mass is 10.1. The number of nitrogens with zero attached hydrogens (tertiary/aromatic N) is 1. The van der Waals surface area contributed by atoms with E-state index in [9.17, 15) is 14.4 Å². The largest absolute Gasteiger partial charge is 0.373 e. The van der Waals surface area contributed by atoms with Gasteiger partial charge in [0.25, 0.3) is 5.91 Å². The van der Waals surface area contributed by atoms with E-state index < -0.39 is 6.04 Å². The molecule has 0 radical (unpaired) electrons. The van der Waals surface area contributed by atoms with Crippen molar-refractivity contribution in [3.8, 4) is 0 Å². The number of halogens is 1. The molecule has 1 heterocycles. The lowest BCUT2D eigenvalue weighted by Gasteiger charge is -2.19. The minimum absolute atomic E-state index is 0.0881. The molecule has 2 aromatic carbocycles. The second kappa shape index (κ2) is 9.13. The van der Waals surface area contributed by atoms with Gasteiger partial charge in [-0.05, 0) is 44.5 Å². The van der Waals surface area contributed by atoms with Crippen LogP contribution in [0.25, 0.3) is 0 Å². The van der Waals surface area contributed by atoms with Gasteiger partial charge in [0.2, 0.25) is 11.8 Å². The summed E-state index contributed by atoms with van der Waals surface area (Å²) < 4.78 is 0. The number of hydrogen-bond donors (Lipinski definition) is 2. The van der Waals surface area contributed by atoms with E-state index in [2.05, 4.69) is 10.6 Å². The molecule has 1 unspecified atom stereocenters. The molecule has 6 nitrogen and oxygen atoms in total. The summed E-state index contributed by atoms with van der Waals surface area (Å²) in [6.45, 7) is 5.77. The van der Waals surface area contributed by atoms with Crippen molar-refractivity contribution in [2.75, 3.05) is 10.2 Å². The van der Waals surface area contributed by atoms with Gasteiger partial charge in [-0.3, -0.25) is 14.4 Å². The molecule has 1 saturated heterocycles. The number of carbonyl (C=O) groups is 3. The lowest BCUT2D eigenvalue weighted by Crippen LogP contribution is -2.37. The van der Waals surface area contributed by atoms with Crippen LogP contribution < -0.4 is 15.5 Å². The molecule has 1 aliphatic rings. The fourth-order valence-electron chi connectivity index (χ4n) is 3.21. The summed E-state index contributed by atoms with van der Waals surface area (Å²) in [7, 11) is 0. The van der Waals surface area contributed by atoms with Crippen molar-refractivity contribution in [1.29, 1.82) is 0 Å². The molecule has 2 N–H and O–H groups in total. The third-order valence-corrected chi connectivity index (χ3v) is 5.25. The van der Waals surface area contributed by atoms with Crippen LogP contribution in [0, 0.1) is 0 Å². The molecule has 7 heteroatoms. The Morgan fingerprint density at radius 1 is 1.13 bits per heavy atom. The maximum absolute atomic E-state index is 12.6. The molecule has 3 rings (SSSR count). The molecule has 30 heavy (non-hydrogen) atoms. The Bertz CT molecular complexity index is 1010. The number of nitrogens with one attached hydrogen (secondary N) is 2. The number of allylic oxidation sites excluding steroid dienone is 1.